The first-order valence-electron chi connectivity index (χ1n) is 12.7. The van der Waals surface area contributed by atoms with Crippen molar-refractivity contribution in [2.75, 3.05) is 6.54 Å². The van der Waals surface area contributed by atoms with Gasteiger partial charge in [0.15, 0.2) is 0 Å². The number of hydrogen-bond acceptors (Lipinski definition) is 6. The van der Waals surface area contributed by atoms with Crippen LogP contribution in [-0.4, -0.2) is 75.6 Å². The Hall–Kier alpha value is -3.93. The van der Waals surface area contributed by atoms with Crippen LogP contribution in [0.25, 0.3) is 10.9 Å². The van der Waals surface area contributed by atoms with Crippen LogP contribution >= 0.6 is 0 Å². The van der Waals surface area contributed by atoms with Crippen LogP contribution in [0.2, 0.25) is 0 Å². The number of rotatable bonds is 13. The van der Waals surface area contributed by atoms with Gasteiger partial charge in [-0.2, -0.15) is 0 Å². The fourth-order valence-corrected chi connectivity index (χ4v) is 4.49. The van der Waals surface area contributed by atoms with Gasteiger partial charge in [0.2, 0.25) is 17.7 Å². The molecule has 12 nitrogen and oxygen atoms in total. The summed E-state index contributed by atoms with van der Waals surface area (Å²) in [6.45, 7) is 4.05. The number of fused-ring (bicyclic) bond motifs is 1. The van der Waals surface area contributed by atoms with E-state index in [0.29, 0.717) is 13.0 Å². The molecule has 1 aromatic heterocycles. The maximum Gasteiger partial charge on any atom is 0.326 e. The van der Waals surface area contributed by atoms with Gasteiger partial charge in [-0.1, -0.05) is 32.0 Å². The number of benzene rings is 1. The molecule has 38 heavy (non-hydrogen) atoms. The summed E-state index contributed by atoms with van der Waals surface area (Å²) in [4.78, 5) is 65.0. The lowest BCUT2D eigenvalue weighted by atomic mass is 10.00. The SMILES string of the molecule is CC(C)C(NC(=O)C(CCC(=O)O)NC(=O)C1CCCN1)C(=O)NC(Cc1c[nH]c2ccccc12)C(=O)O. The van der Waals surface area contributed by atoms with Crippen molar-refractivity contribution in [3.63, 3.8) is 0 Å². The minimum atomic E-state index is -1.25. The Morgan fingerprint density at radius 3 is 2.37 bits per heavy atom. The second-order valence-corrected chi connectivity index (χ2v) is 9.84. The first-order valence-corrected chi connectivity index (χ1v) is 12.7. The van der Waals surface area contributed by atoms with Gasteiger partial charge in [-0.25, -0.2) is 4.79 Å². The third kappa shape index (κ3) is 7.54. The maximum absolute atomic E-state index is 13.2. The van der Waals surface area contributed by atoms with Crippen molar-refractivity contribution in [2.24, 2.45) is 5.92 Å². The molecule has 2 heterocycles. The summed E-state index contributed by atoms with van der Waals surface area (Å²) in [6, 6.07) is 3.39. The topological polar surface area (TPSA) is 190 Å². The number of aliphatic carboxylic acids is 2. The molecule has 206 valence electrons. The van der Waals surface area contributed by atoms with Crippen molar-refractivity contribution in [3.05, 3.63) is 36.0 Å². The molecule has 3 amide bonds. The van der Waals surface area contributed by atoms with Crippen molar-refractivity contribution in [1.29, 1.82) is 0 Å². The number of H-pyrrole nitrogens is 1. The fraction of sp³-hybridized carbons (Fsp3) is 0.500. The predicted octanol–water partition coefficient (Wildman–Crippen LogP) is 0.522. The largest absolute Gasteiger partial charge is 0.481 e. The van der Waals surface area contributed by atoms with E-state index in [1.54, 1.807) is 20.0 Å². The Morgan fingerprint density at radius 1 is 1.00 bits per heavy atom. The Labute approximate surface area is 219 Å². The van der Waals surface area contributed by atoms with E-state index < -0.39 is 59.7 Å². The molecule has 12 heteroatoms. The van der Waals surface area contributed by atoms with Gasteiger partial charge >= 0.3 is 11.9 Å². The molecule has 0 saturated carbocycles. The molecule has 2 aromatic rings. The molecule has 1 aromatic carbocycles. The van der Waals surface area contributed by atoms with Crippen molar-refractivity contribution in [3.8, 4) is 0 Å². The molecule has 3 rings (SSSR count). The van der Waals surface area contributed by atoms with Gasteiger partial charge in [0.05, 0.1) is 6.04 Å². The van der Waals surface area contributed by atoms with Crippen LogP contribution in [-0.2, 0) is 30.4 Å². The molecule has 0 aliphatic carbocycles. The molecule has 1 aliphatic heterocycles. The third-order valence-corrected chi connectivity index (χ3v) is 6.62. The summed E-state index contributed by atoms with van der Waals surface area (Å²) in [5.41, 5.74) is 1.56. The van der Waals surface area contributed by atoms with E-state index >= 15 is 0 Å². The lowest BCUT2D eigenvalue weighted by molar-refractivity contribution is -0.142. The monoisotopic (exact) mass is 529 g/mol. The van der Waals surface area contributed by atoms with Crippen molar-refractivity contribution < 1.29 is 34.2 Å². The van der Waals surface area contributed by atoms with Gasteiger partial charge < -0.3 is 36.5 Å². The first kappa shape index (κ1) is 28.6. The van der Waals surface area contributed by atoms with Gasteiger partial charge in [-0.05, 0) is 43.4 Å². The van der Waals surface area contributed by atoms with E-state index in [1.165, 1.54) is 0 Å². The number of nitrogens with one attached hydrogen (secondary N) is 5. The van der Waals surface area contributed by atoms with E-state index in [1.807, 2.05) is 24.3 Å². The average molecular weight is 530 g/mol. The quantitative estimate of drug-likeness (QED) is 0.195. The Bertz CT molecular complexity index is 1170. The summed E-state index contributed by atoms with van der Waals surface area (Å²) in [7, 11) is 0. The highest BCUT2D eigenvalue weighted by atomic mass is 16.4. The van der Waals surface area contributed by atoms with E-state index in [9.17, 15) is 29.1 Å². The average Bonchev–Trinajstić information content (AvgIpc) is 3.54. The second kappa shape index (κ2) is 13.0. The number of carboxylic acid groups (broad SMARTS) is 2. The van der Waals surface area contributed by atoms with E-state index in [4.69, 9.17) is 5.11 Å². The highest BCUT2D eigenvalue weighted by molar-refractivity contribution is 5.94. The number of carboxylic acids is 2. The highest BCUT2D eigenvalue weighted by Crippen LogP contribution is 2.19. The van der Waals surface area contributed by atoms with Gasteiger partial charge in [0, 0.05) is 29.9 Å². The summed E-state index contributed by atoms with van der Waals surface area (Å²) in [6.07, 6.45) is 2.61. The number of carbonyl (C=O) groups excluding carboxylic acids is 3. The van der Waals surface area contributed by atoms with Gasteiger partial charge in [-0.3, -0.25) is 19.2 Å². The smallest absolute Gasteiger partial charge is 0.326 e. The van der Waals surface area contributed by atoms with Gasteiger partial charge in [0.1, 0.15) is 18.1 Å². The third-order valence-electron chi connectivity index (χ3n) is 6.62. The van der Waals surface area contributed by atoms with Crippen LogP contribution in [0.15, 0.2) is 30.5 Å². The van der Waals surface area contributed by atoms with Crippen molar-refractivity contribution in [1.82, 2.24) is 26.3 Å². The van der Waals surface area contributed by atoms with Crippen molar-refractivity contribution in [2.45, 2.75) is 70.1 Å². The number of aromatic nitrogens is 1. The molecule has 1 aliphatic rings. The number of aromatic amines is 1. The number of amides is 3. The van der Waals surface area contributed by atoms with Crippen LogP contribution < -0.4 is 21.3 Å². The summed E-state index contributed by atoms with van der Waals surface area (Å²) < 4.78 is 0. The van der Waals surface area contributed by atoms with Crippen LogP contribution in [0.3, 0.4) is 0 Å². The van der Waals surface area contributed by atoms with Crippen LogP contribution in [0.1, 0.15) is 45.1 Å². The molecular weight excluding hydrogens is 494 g/mol. The fourth-order valence-electron chi connectivity index (χ4n) is 4.49. The normalized spacial score (nSPS) is 17.5. The van der Waals surface area contributed by atoms with Gasteiger partial charge in [-0.15, -0.1) is 0 Å². The lowest BCUT2D eigenvalue weighted by Gasteiger charge is -2.27. The molecule has 1 saturated heterocycles. The zero-order valence-corrected chi connectivity index (χ0v) is 21.5. The molecular formula is C26H35N5O7. The molecule has 4 atom stereocenters. The minimum absolute atomic E-state index is 0.0233. The zero-order valence-electron chi connectivity index (χ0n) is 21.5. The molecule has 7 N–H and O–H groups in total. The van der Waals surface area contributed by atoms with E-state index in [-0.39, 0.29) is 19.3 Å². The maximum atomic E-state index is 13.2. The molecule has 4 unspecified atom stereocenters. The predicted molar refractivity (Wildman–Crippen MR) is 138 cm³/mol. The molecule has 1 fully saturated rings. The molecule has 0 spiro atoms. The highest BCUT2D eigenvalue weighted by Gasteiger charge is 2.33. The summed E-state index contributed by atoms with van der Waals surface area (Å²) in [5, 5.41) is 30.5. The Kier molecular flexibility index (Phi) is 9.83. The lowest BCUT2D eigenvalue weighted by Crippen LogP contribution is -2.58. The van der Waals surface area contributed by atoms with Crippen LogP contribution in [0.5, 0.6) is 0 Å². The standard InChI is InChI=1S/C26H35N5O7/c1-14(2)22(31-24(35)19(9-10-21(32)33)29-23(34)18-8-5-11-27-18)25(36)30-20(26(37)38)12-15-13-28-17-7-4-3-6-16(15)17/h3-4,6-7,13-14,18-20,22,27-28H,5,8-12H2,1-2H3,(H,29,34)(H,30,36)(H,31,35)(H,32,33)(H,37,38). The summed E-state index contributed by atoms with van der Waals surface area (Å²) in [5.74, 6) is -4.60. The van der Waals surface area contributed by atoms with Crippen molar-refractivity contribution >= 4 is 40.6 Å². The number of hydrogen-bond donors (Lipinski definition) is 7. The Balaban J connectivity index is 1.70. The zero-order chi connectivity index (χ0) is 27.8. The van der Waals surface area contributed by atoms with Gasteiger partial charge in [0.25, 0.3) is 0 Å². The molecule has 0 radical (unpaired) electrons. The molecule has 0 bridgehead atoms. The minimum Gasteiger partial charge on any atom is -0.481 e. The van der Waals surface area contributed by atoms with Crippen LogP contribution in [0.4, 0.5) is 0 Å². The Morgan fingerprint density at radius 2 is 1.74 bits per heavy atom. The van der Waals surface area contributed by atoms with E-state index in [2.05, 4.69) is 26.3 Å². The summed E-state index contributed by atoms with van der Waals surface area (Å²) >= 11 is 0. The van der Waals surface area contributed by atoms with E-state index in [0.717, 1.165) is 22.9 Å². The second-order valence-electron chi connectivity index (χ2n) is 9.84. The number of carbonyl (C=O) groups is 5. The number of para-hydroxylation sites is 1. The van der Waals surface area contributed by atoms with Crippen LogP contribution in [0, 0.1) is 5.92 Å². The first-order chi connectivity index (χ1) is 18.1.